The van der Waals surface area contributed by atoms with Crippen molar-refractivity contribution >= 4 is 45.7 Å². The molecule has 22 heteroatoms. The molecular weight excluding hydrogens is 692 g/mol. The number of carbonyl (C=O) groups is 4. The zero-order valence-electron chi connectivity index (χ0n) is 22.7. The molecule has 1 aliphatic rings. The Bertz CT molecular complexity index is 1580. The fourth-order valence-electron chi connectivity index (χ4n) is 4.09. The van der Waals surface area contributed by atoms with Gasteiger partial charge in [0.25, 0.3) is 11.8 Å². The average molecular weight is 709 g/mol. The number of likely N-dealkylation sites (N-methyl/N-ethyl adjacent to an activating group) is 1. The van der Waals surface area contributed by atoms with Gasteiger partial charge in [0.05, 0.1) is 25.9 Å². The second kappa shape index (κ2) is 11.5. The summed E-state index contributed by atoms with van der Waals surface area (Å²) in [7, 11) is 2.49. The van der Waals surface area contributed by atoms with Crippen molar-refractivity contribution in [2.75, 3.05) is 27.2 Å². The Morgan fingerprint density at radius 1 is 0.761 bits per heavy atom. The van der Waals surface area contributed by atoms with Crippen LogP contribution in [0.3, 0.4) is 0 Å². The first-order chi connectivity index (χ1) is 20.6. The average Bonchev–Trinajstić information content (AvgIpc) is 3.27. The normalized spacial score (nSPS) is 15.1. The zero-order valence-corrected chi connectivity index (χ0v) is 23.5. The van der Waals surface area contributed by atoms with Crippen molar-refractivity contribution in [2.24, 2.45) is 0 Å². The fraction of sp³-hybridized carbons (Fsp3) is 0.500. The summed E-state index contributed by atoms with van der Waals surface area (Å²) in [4.78, 5) is 50.3. The Hall–Kier alpha value is -3.72. The lowest BCUT2D eigenvalue weighted by Crippen LogP contribution is -2.58. The van der Waals surface area contributed by atoms with E-state index < -0.39 is 106 Å². The predicted octanol–water partition coefficient (Wildman–Crippen LogP) is 5.45. The van der Waals surface area contributed by atoms with Crippen LogP contribution in [-0.4, -0.2) is 96.7 Å². The number of thiophene rings is 1. The summed E-state index contributed by atoms with van der Waals surface area (Å²) in [6, 6.07) is 1.49. The number of hydrogen-bond acceptors (Lipinski definition) is 5. The molecule has 0 bridgehead atoms. The summed E-state index contributed by atoms with van der Waals surface area (Å²) in [6.07, 6.45) is -15.3. The van der Waals surface area contributed by atoms with Crippen molar-refractivity contribution in [3.05, 3.63) is 33.0 Å². The fourth-order valence-corrected chi connectivity index (χ4v) is 5.38. The van der Waals surface area contributed by atoms with Crippen LogP contribution in [0, 0.1) is 0 Å². The van der Waals surface area contributed by atoms with Crippen molar-refractivity contribution < 1.29 is 80.6 Å². The first kappa shape index (κ1) is 36.7. The Morgan fingerprint density at radius 3 is 1.78 bits per heavy atom. The Balaban J connectivity index is 2.06. The molecule has 46 heavy (non-hydrogen) atoms. The third kappa shape index (κ3) is 6.18. The highest BCUT2D eigenvalue weighted by atomic mass is 32.1. The van der Waals surface area contributed by atoms with E-state index in [9.17, 15) is 80.6 Å². The largest absolute Gasteiger partial charge is 0.459 e. The summed E-state index contributed by atoms with van der Waals surface area (Å²) in [5, 5.41) is 0.349. The minimum atomic E-state index is -6.80. The van der Waals surface area contributed by atoms with Gasteiger partial charge in [-0.05, 0) is 11.6 Å². The molecule has 0 aliphatic carbocycles. The number of carbonyl (C=O) groups excluding carboxylic acids is 4. The van der Waals surface area contributed by atoms with Crippen molar-refractivity contribution in [2.45, 2.75) is 48.9 Å². The molecule has 7 nitrogen and oxygen atoms in total. The number of imide groups is 1. The highest BCUT2D eigenvalue weighted by Gasteiger charge is 2.74. The minimum Gasteiger partial charge on any atom is -0.350 e. The van der Waals surface area contributed by atoms with Crippen LogP contribution in [-0.2, 0) is 22.4 Å². The number of nitrogens with zero attached hydrogens (tertiary/aromatic N) is 2. The van der Waals surface area contributed by atoms with Gasteiger partial charge in [0.1, 0.15) is 4.88 Å². The maximum atomic E-state index is 14.2. The molecule has 0 atom stereocenters. The maximum absolute atomic E-state index is 14.2. The van der Waals surface area contributed by atoms with E-state index in [1.165, 1.54) is 19.4 Å². The lowest BCUT2D eigenvalue weighted by molar-refractivity contribution is -0.354. The molecular formula is C24H17F14N3O4S. The molecule has 4 amide bonds. The van der Waals surface area contributed by atoms with Gasteiger partial charge in [0, 0.05) is 35.3 Å². The molecule has 0 saturated carbocycles. The molecule has 1 N–H and O–H groups in total. The van der Waals surface area contributed by atoms with E-state index in [1.807, 2.05) is 0 Å². The minimum absolute atomic E-state index is 0.224. The molecule has 256 valence electrons. The van der Waals surface area contributed by atoms with Crippen molar-refractivity contribution in [1.82, 2.24) is 15.1 Å². The summed E-state index contributed by atoms with van der Waals surface area (Å²) in [5.74, 6) is -31.1. The molecule has 0 spiro atoms. The third-order valence-corrected chi connectivity index (χ3v) is 7.77. The Labute approximate surface area is 251 Å². The quantitative estimate of drug-likeness (QED) is 0.263. The highest BCUT2D eigenvalue weighted by Crippen LogP contribution is 2.49. The second-order valence-corrected chi connectivity index (χ2v) is 11.1. The van der Waals surface area contributed by atoms with E-state index >= 15 is 0 Å². The summed E-state index contributed by atoms with van der Waals surface area (Å²) < 4.78 is 184. The smallest absolute Gasteiger partial charge is 0.350 e. The van der Waals surface area contributed by atoms with Gasteiger partial charge in [-0.25, -0.2) is 0 Å². The number of nitrogens with one attached hydrogen (secondary N) is 1. The summed E-state index contributed by atoms with van der Waals surface area (Å²) >= 11 is 0.280. The molecule has 2 heterocycles. The van der Waals surface area contributed by atoms with Gasteiger partial charge >= 0.3 is 36.0 Å². The van der Waals surface area contributed by atoms with Crippen LogP contribution in [0.15, 0.2) is 12.1 Å². The van der Waals surface area contributed by atoms with Crippen LogP contribution in [0.4, 0.5) is 61.5 Å². The van der Waals surface area contributed by atoms with Gasteiger partial charge in [-0.3, -0.25) is 24.1 Å². The van der Waals surface area contributed by atoms with Gasteiger partial charge in [0.15, 0.2) is 0 Å². The molecule has 0 fully saturated rings. The monoisotopic (exact) mass is 709 g/mol. The van der Waals surface area contributed by atoms with Crippen molar-refractivity contribution in [3.8, 4) is 0 Å². The maximum Gasteiger partial charge on any atom is 0.459 e. The van der Waals surface area contributed by atoms with Gasteiger partial charge < -0.3 is 10.2 Å². The van der Waals surface area contributed by atoms with Gasteiger partial charge in [0.2, 0.25) is 11.8 Å². The first-order valence-corrected chi connectivity index (χ1v) is 13.0. The molecule has 1 aromatic heterocycles. The number of alkyl halides is 14. The molecule has 1 aliphatic heterocycles. The molecule has 2 aromatic rings. The number of hydrogen-bond donors (Lipinski definition) is 1. The van der Waals surface area contributed by atoms with E-state index in [0.29, 0.717) is 6.07 Å². The number of benzene rings is 1. The van der Waals surface area contributed by atoms with E-state index in [0.717, 1.165) is 11.0 Å². The first-order valence-electron chi connectivity index (χ1n) is 12.1. The SMILES string of the molecule is CN(C)C(=O)Cc1sc2c3c(ccc(CC(=O)NCC(F)(F)C(F)(F)C(F)(F)F)c13)C(=O)N(CC(F)(F)C(F)(F)C(F)(F)F)C2=O. The van der Waals surface area contributed by atoms with Gasteiger partial charge in [-0.15, -0.1) is 11.3 Å². The molecule has 0 unspecified atom stereocenters. The topological polar surface area (TPSA) is 86.8 Å². The van der Waals surface area contributed by atoms with Crippen LogP contribution in [0.25, 0.3) is 10.8 Å². The van der Waals surface area contributed by atoms with E-state index in [4.69, 9.17) is 0 Å². The highest BCUT2D eigenvalue weighted by molar-refractivity contribution is 7.16. The number of rotatable bonds is 10. The van der Waals surface area contributed by atoms with E-state index in [-0.39, 0.29) is 27.2 Å². The number of halogens is 14. The van der Waals surface area contributed by atoms with Crippen molar-refractivity contribution in [1.29, 1.82) is 0 Å². The summed E-state index contributed by atoms with van der Waals surface area (Å²) in [6.45, 7) is -5.26. The second-order valence-electron chi connectivity index (χ2n) is 10.0. The molecule has 3 rings (SSSR count). The van der Waals surface area contributed by atoms with E-state index in [2.05, 4.69) is 0 Å². The third-order valence-electron chi connectivity index (χ3n) is 6.59. The molecule has 0 radical (unpaired) electrons. The molecule has 0 saturated heterocycles. The standard InChI is InChI=1S/C24H17F14N3O4S/c1-40(2)13(43)6-11-14-9(5-12(42)39-7-19(25,26)21(29,30)23(33,34)35)3-4-10-15(14)16(46-11)18(45)41(17(10)44)8-20(27,28)22(31,32)24(36,37)38/h3-4H,5-8H2,1-2H3,(H,39,42). The lowest BCUT2D eigenvalue weighted by atomic mass is 9.93. The van der Waals surface area contributed by atoms with Crippen LogP contribution >= 0.6 is 11.3 Å². The zero-order chi connectivity index (χ0) is 35.6. The predicted molar refractivity (Wildman–Crippen MR) is 128 cm³/mol. The van der Waals surface area contributed by atoms with E-state index in [1.54, 1.807) is 0 Å². The Morgan fingerprint density at radius 2 is 1.28 bits per heavy atom. The van der Waals surface area contributed by atoms with Crippen LogP contribution in [0.5, 0.6) is 0 Å². The van der Waals surface area contributed by atoms with Crippen LogP contribution in [0.1, 0.15) is 30.5 Å². The molecule has 1 aromatic carbocycles. The van der Waals surface area contributed by atoms with Crippen molar-refractivity contribution in [3.63, 3.8) is 0 Å². The lowest BCUT2D eigenvalue weighted by Gasteiger charge is -2.33. The summed E-state index contributed by atoms with van der Waals surface area (Å²) in [5.41, 5.74) is -1.11. The van der Waals surface area contributed by atoms with Crippen LogP contribution < -0.4 is 5.32 Å². The van der Waals surface area contributed by atoms with Gasteiger partial charge in [-0.1, -0.05) is 6.07 Å². The van der Waals surface area contributed by atoms with Crippen LogP contribution in [0.2, 0.25) is 0 Å². The number of amides is 4. The Kier molecular flexibility index (Phi) is 9.19. The van der Waals surface area contributed by atoms with Gasteiger partial charge in [-0.2, -0.15) is 61.5 Å².